The van der Waals surface area contributed by atoms with Crippen LogP contribution in [-0.4, -0.2) is 11.9 Å². The van der Waals surface area contributed by atoms with E-state index in [2.05, 4.69) is 31.2 Å². The van der Waals surface area contributed by atoms with Crippen LogP contribution in [0.4, 0.5) is 0 Å². The van der Waals surface area contributed by atoms with Gasteiger partial charge in [0, 0.05) is 6.42 Å². The molecule has 0 aromatic heterocycles. The summed E-state index contributed by atoms with van der Waals surface area (Å²) in [4.78, 5) is 0. The van der Waals surface area contributed by atoms with E-state index in [1.54, 1.807) is 0 Å². The largest absolute Gasteiger partial charge is 0.347 e. The summed E-state index contributed by atoms with van der Waals surface area (Å²) in [6.45, 7) is 6.25. The molecule has 1 saturated heterocycles. The number of hydrogen-bond donors (Lipinski definition) is 0. The van der Waals surface area contributed by atoms with E-state index in [9.17, 15) is 0 Å². The van der Waals surface area contributed by atoms with E-state index in [0.717, 1.165) is 12.8 Å². The zero-order valence-corrected chi connectivity index (χ0v) is 11.7. The van der Waals surface area contributed by atoms with Crippen molar-refractivity contribution in [3.8, 4) is 0 Å². The minimum Gasteiger partial charge on any atom is -0.347 e. The molecule has 2 heteroatoms. The molecule has 100 valence electrons. The van der Waals surface area contributed by atoms with Gasteiger partial charge in [0.15, 0.2) is 5.79 Å². The van der Waals surface area contributed by atoms with Crippen LogP contribution in [0, 0.1) is 0 Å². The molecule has 1 aliphatic rings. The SMILES string of the molecule is CCCC[C@H]1C[C@@H](c2ccccc2)OC(C)(C)O1. The van der Waals surface area contributed by atoms with Crippen LogP contribution in [0.5, 0.6) is 0 Å². The zero-order chi connectivity index (χ0) is 13.0. The van der Waals surface area contributed by atoms with Gasteiger partial charge in [0.1, 0.15) is 0 Å². The summed E-state index contributed by atoms with van der Waals surface area (Å²) in [5.41, 5.74) is 1.26. The van der Waals surface area contributed by atoms with E-state index >= 15 is 0 Å². The highest BCUT2D eigenvalue weighted by molar-refractivity contribution is 5.18. The molecule has 0 spiro atoms. The Morgan fingerprint density at radius 1 is 1.17 bits per heavy atom. The highest BCUT2D eigenvalue weighted by atomic mass is 16.7. The lowest BCUT2D eigenvalue weighted by molar-refractivity contribution is -0.303. The van der Waals surface area contributed by atoms with E-state index in [-0.39, 0.29) is 6.10 Å². The Hall–Kier alpha value is -0.860. The second-order valence-corrected chi connectivity index (χ2v) is 5.53. The molecule has 1 aromatic carbocycles. The highest BCUT2D eigenvalue weighted by Crippen LogP contribution is 2.37. The topological polar surface area (TPSA) is 18.5 Å². The first kappa shape index (κ1) is 13.6. The van der Waals surface area contributed by atoms with Gasteiger partial charge < -0.3 is 9.47 Å². The van der Waals surface area contributed by atoms with E-state index in [0.29, 0.717) is 6.10 Å². The molecule has 0 unspecified atom stereocenters. The standard InChI is InChI=1S/C16H24O2/c1-4-5-11-14-12-15(18-16(2,3)17-14)13-9-7-6-8-10-13/h6-10,14-15H,4-5,11-12H2,1-3H3/t14-,15-/m0/s1. The Balaban J connectivity index is 2.07. The van der Waals surface area contributed by atoms with Gasteiger partial charge >= 0.3 is 0 Å². The number of ether oxygens (including phenoxy) is 2. The van der Waals surface area contributed by atoms with Crippen LogP contribution >= 0.6 is 0 Å². The first-order valence-corrected chi connectivity index (χ1v) is 7.01. The number of benzene rings is 1. The lowest BCUT2D eigenvalue weighted by atomic mass is 9.98. The van der Waals surface area contributed by atoms with Crippen molar-refractivity contribution in [3.63, 3.8) is 0 Å². The lowest BCUT2D eigenvalue weighted by Crippen LogP contribution is -2.41. The van der Waals surface area contributed by atoms with Gasteiger partial charge in [-0.3, -0.25) is 0 Å². The maximum absolute atomic E-state index is 6.05. The molecule has 0 radical (unpaired) electrons. The summed E-state index contributed by atoms with van der Waals surface area (Å²) in [5.74, 6) is -0.475. The van der Waals surface area contributed by atoms with Crippen molar-refractivity contribution in [2.24, 2.45) is 0 Å². The molecule has 0 saturated carbocycles. The molecule has 18 heavy (non-hydrogen) atoms. The van der Waals surface area contributed by atoms with Crippen LogP contribution in [-0.2, 0) is 9.47 Å². The van der Waals surface area contributed by atoms with Gasteiger partial charge in [-0.25, -0.2) is 0 Å². The number of hydrogen-bond acceptors (Lipinski definition) is 2. The van der Waals surface area contributed by atoms with Gasteiger partial charge in [0.05, 0.1) is 12.2 Å². The third kappa shape index (κ3) is 3.56. The summed E-state index contributed by atoms with van der Waals surface area (Å²) in [7, 11) is 0. The molecule has 0 N–H and O–H groups in total. The molecule has 2 nitrogen and oxygen atoms in total. The second kappa shape index (κ2) is 5.85. The van der Waals surface area contributed by atoms with Gasteiger partial charge in [0.2, 0.25) is 0 Å². The quantitative estimate of drug-likeness (QED) is 0.783. The van der Waals surface area contributed by atoms with Crippen LogP contribution in [0.3, 0.4) is 0 Å². The molecule has 0 bridgehead atoms. The number of rotatable bonds is 4. The minimum atomic E-state index is -0.475. The monoisotopic (exact) mass is 248 g/mol. The van der Waals surface area contributed by atoms with Gasteiger partial charge in [-0.2, -0.15) is 0 Å². The molecule has 2 rings (SSSR count). The Morgan fingerprint density at radius 3 is 2.56 bits per heavy atom. The summed E-state index contributed by atoms with van der Waals surface area (Å²) < 4.78 is 12.1. The predicted molar refractivity (Wildman–Crippen MR) is 73.4 cm³/mol. The van der Waals surface area contributed by atoms with Crippen molar-refractivity contribution in [2.45, 2.75) is 64.4 Å². The first-order chi connectivity index (χ1) is 8.61. The second-order valence-electron chi connectivity index (χ2n) is 5.53. The van der Waals surface area contributed by atoms with E-state index < -0.39 is 5.79 Å². The first-order valence-electron chi connectivity index (χ1n) is 7.01. The van der Waals surface area contributed by atoms with Gasteiger partial charge in [0.25, 0.3) is 0 Å². The van der Waals surface area contributed by atoms with Crippen LogP contribution in [0.25, 0.3) is 0 Å². The molecular weight excluding hydrogens is 224 g/mol. The molecule has 1 aliphatic heterocycles. The Labute approximate surface area is 110 Å². The predicted octanol–water partition coefficient (Wildman–Crippen LogP) is 4.46. The fraction of sp³-hybridized carbons (Fsp3) is 0.625. The van der Waals surface area contributed by atoms with Crippen molar-refractivity contribution in [2.75, 3.05) is 0 Å². The number of unbranched alkanes of at least 4 members (excludes halogenated alkanes) is 1. The molecule has 0 amide bonds. The molecule has 2 atom stereocenters. The van der Waals surface area contributed by atoms with Crippen LogP contribution in [0.1, 0.15) is 58.1 Å². The summed E-state index contributed by atoms with van der Waals surface area (Å²) >= 11 is 0. The Kier molecular flexibility index (Phi) is 4.41. The molecule has 1 fully saturated rings. The van der Waals surface area contributed by atoms with Crippen molar-refractivity contribution in [3.05, 3.63) is 35.9 Å². The van der Waals surface area contributed by atoms with Gasteiger partial charge in [-0.05, 0) is 25.8 Å². The van der Waals surface area contributed by atoms with Crippen molar-refractivity contribution < 1.29 is 9.47 Å². The smallest absolute Gasteiger partial charge is 0.163 e. The third-order valence-electron chi connectivity index (χ3n) is 3.40. The lowest BCUT2D eigenvalue weighted by Gasteiger charge is -2.41. The van der Waals surface area contributed by atoms with E-state index in [1.807, 2.05) is 19.9 Å². The average molecular weight is 248 g/mol. The van der Waals surface area contributed by atoms with Gasteiger partial charge in [-0.15, -0.1) is 0 Å². The Bertz CT molecular complexity index is 359. The fourth-order valence-corrected chi connectivity index (χ4v) is 2.59. The summed E-state index contributed by atoms with van der Waals surface area (Å²) in [6, 6.07) is 10.5. The van der Waals surface area contributed by atoms with Gasteiger partial charge in [-0.1, -0.05) is 50.1 Å². The van der Waals surface area contributed by atoms with Crippen LogP contribution in [0.15, 0.2) is 30.3 Å². The van der Waals surface area contributed by atoms with Crippen LogP contribution < -0.4 is 0 Å². The van der Waals surface area contributed by atoms with Crippen molar-refractivity contribution >= 4 is 0 Å². The summed E-state index contributed by atoms with van der Waals surface area (Å²) in [6.07, 6.45) is 5.02. The van der Waals surface area contributed by atoms with Crippen molar-refractivity contribution in [1.29, 1.82) is 0 Å². The molecule has 0 aliphatic carbocycles. The normalized spacial score (nSPS) is 27.1. The van der Waals surface area contributed by atoms with Crippen molar-refractivity contribution in [1.82, 2.24) is 0 Å². The maximum atomic E-state index is 6.05. The zero-order valence-electron chi connectivity index (χ0n) is 11.7. The van der Waals surface area contributed by atoms with E-state index in [1.165, 1.54) is 18.4 Å². The molecule has 1 aromatic rings. The molecule has 1 heterocycles. The average Bonchev–Trinajstić information content (AvgIpc) is 2.35. The minimum absolute atomic E-state index is 0.164. The summed E-state index contributed by atoms with van der Waals surface area (Å²) in [5, 5.41) is 0. The fourth-order valence-electron chi connectivity index (χ4n) is 2.59. The Morgan fingerprint density at radius 2 is 1.89 bits per heavy atom. The van der Waals surface area contributed by atoms with E-state index in [4.69, 9.17) is 9.47 Å². The van der Waals surface area contributed by atoms with Crippen LogP contribution in [0.2, 0.25) is 0 Å². The maximum Gasteiger partial charge on any atom is 0.163 e. The molecular formula is C16H24O2. The highest BCUT2D eigenvalue weighted by Gasteiger charge is 2.35. The third-order valence-corrected chi connectivity index (χ3v) is 3.40.